The van der Waals surface area contributed by atoms with Crippen molar-refractivity contribution in [3.05, 3.63) is 42.2 Å². The third-order valence-corrected chi connectivity index (χ3v) is 4.50. The summed E-state index contributed by atoms with van der Waals surface area (Å²) in [6.45, 7) is 2.98. The Kier molecular flexibility index (Phi) is 4.19. The number of nitrogens with zero attached hydrogens (tertiary/aromatic N) is 3. The summed E-state index contributed by atoms with van der Waals surface area (Å²) >= 11 is 0. The maximum absolute atomic E-state index is 10.9. The van der Waals surface area contributed by atoms with Gasteiger partial charge in [0.2, 0.25) is 0 Å². The lowest BCUT2D eigenvalue weighted by Gasteiger charge is -2.32. The van der Waals surface area contributed by atoms with Crippen LogP contribution in [0.4, 0.5) is 0 Å². The van der Waals surface area contributed by atoms with Crippen molar-refractivity contribution in [2.24, 2.45) is 0 Å². The van der Waals surface area contributed by atoms with E-state index < -0.39 is 6.10 Å². The van der Waals surface area contributed by atoms with E-state index in [1.807, 2.05) is 30.6 Å². The molecular formula is C17H23N3O. The van der Waals surface area contributed by atoms with Crippen molar-refractivity contribution < 1.29 is 5.11 Å². The lowest BCUT2D eigenvalue weighted by molar-refractivity contribution is 0.0580. The third kappa shape index (κ3) is 2.93. The minimum absolute atomic E-state index is 0.102. The van der Waals surface area contributed by atoms with E-state index in [1.165, 1.54) is 0 Å². The monoisotopic (exact) mass is 285 g/mol. The molecule has 4 heteroatoms. The predicted octanol–water partition coefficient (Wildman–Crippen LogP) is 1.90. The first-order valence-corrected chi connectivity index (χ1v) is 7.56. The van der Waals surface area contributed by atoms with Gasteiger partial charge in [-0.15, -0.1) is 0 Å². The molecule has 21 heavy (non-hydrogen) atoms. The molecule has 1 aromatic heterocycles. The van der Waals surface area contributed by atoms with E-state index >= 15 is 0 Å². The number of fused-ring (bicyclic) bond motifs is 1. The van der Waals surface area contributed by atoms with Gasteiger partial charge in [0, 0.05) is 29.9 Å². The zero-order valence-corrected chi connectivity index (χ0v) is 12.7. The van der Waals surface area contributed by atoms with Gasteiger partial charge in [0.1, 0.15) is 0 Å². The molecule has 2 heterocycles. The van der Waals surface area contributed by atoms with E-state index in [-0.39, 0.29) is 6.04 Å². The second kappa shape index (κ2) is 6.10. The molecule has 4 nitrogen and oxygen atoms in total. The standard InChI is InChI=1S/C17H23N3O/c1-19-8-5-9-20(2)16(12-19)17(21)15-11-18-10-13-6-3-4-7-14(13)15/h3-4,6-7,10-11,16-17,21H,5,8-9,12H2,1-2H3. The number of aromatic nitrogens is 1. The maximum Gasteiger partial charge on any atom is 0.0978 e. The van der Waals surface area contributed by atoms with E-state index in [0.717, 1.165) is 42.4 Å². The number of pyridine rings is 1. The van der Waals surface area contributed by atoms with Gasteiger partial charge in [-0.3, -0.25) is 9.88 Å². The minimum atomic E-state index is -0.519. The Morgan fingerprint density at radius 2 is 2.00 bits per heavy atom. The lowest BCUT2D eigenvalue weighted by atomic mass is 9.97. The molecule has 0 aliphatic carbocycles. The van der Waals surface area contributed by atoms with Crippen molar-refractivity contribution in [3.8, 4) is 0 Å². The molecule has 0 spiro atoms. The Balaban J connectivity index is 1.97. The van der Waals surface area contributed by atoms with Gasteiger partial charge in [-0.2, -0.15) is 0 Å². The second-order valence-electron chi connectivity index (χ2n) is 6.06. The van der Waals surface area contributed by atoms with Crippen molar-refractivity contribution >= 4 is 10.8 Å². The Morgan fingerprint density at radius 3 is 2.86 bits per heavy atom. The Bertz CT molecular complexity index is 611. The summed E-state index contributed by atoms with van der Waals surface area (Å²) in [5, 5.41) is 13.1. The van der Waals surface area contributed by atoms with Gasteiger partial charge in [-0.25, -0.2) is 0 Å². The number of rotatable bonds is 2. The quantitative estimate of drug-likeness (QED) is 0.915. The minimum Gasteiger partial charge on any atom is -0.387 e. The molecule has 1 aliphatic rings. The fourth-order valence-electron chi connectivity index (χ4n) is 3.23. The van der Waals surface area contributed by atoms with Crippen LogP contribution in [0.2, 0.25) is 0 Å². The van der Waals surface area contributed by atoms with Crippen molar-refractivity contribution in [3.63, 3.8) is 0 Å². The molecule has 3 rings (SSSR count). The van der Waals surface area contributed by atoms with Crippen LogP contribution < -0.4 is 0 Å². The summed E-state index contributed by atoms with van der Waals surface area (Å²) in [7, 11) is 4.23. The zero-order valence-electron chi connectivity index (χ0n) is 12.7. The average Bonchev–Trinajstić information content (AvgIpc) is 2.67. The molecule has 1 saturated heterocycles. The van der Waals surface area contributed by atoms with Crippen molar-refractivity contribution in [2.75, 3.05) is 33.7 Å². The zero-order chi connectivity index (χ0) is 14.8. The molecule has 1 aliphatic heterocycles. The van der Waals surface area contributed by atoms with Crippen LogP contribution in [0, 0.1) is 0 Å². The third-order valence-electron chi connectivity index (χ3n) is 4.50. The SMILES string of the molecule is CN1CCCN(C)C(C(O)c2cncc3ccccc23)C1. The van der Waals surface area contributed by atoms with Crippen LogP contribution in [0.3, 0.4) is 0 Å². The first-order valence-electron chi connectivity index (χ1n) is 7.56. The van der Waals surface area contributed by atoms with Crippen molar-refractivity contribution in [2.45, 2.75) is 18.6 Å². The highest BCUT2D eigenvalue weighted by atomic mass is 16.3. The van der Waals surface area contributed by atoms with Crippen LogP contribution in [0.15, 0.2) is 36.7 Å². The largest absolute Gasteiger partial charge is 0.387 e. The summed E-state index contributed by atoms with van der Waals surface area (Å²) in [6, 6.07) is 8.23. The molecule has 1 N–H and O–H groups in total. The Hall–Kier alpha value is -1.49. The molecule has 0 bridgehead atoms. The first kappa shape index (κ1) is 14.4. The van der Waals surface area contributed by atoms with Gasteiger partial charge in [0.25, 0.3) is 0 Å². The van der Waals surface area contributed by atoms with E-state index in [4.69, 9.17) is 0 Å². The number of hydrogen-bond donors (Lipinski definition) is 1. The molecule has 0 saturated carbocycles. The Labute approximate surface area is 126 Å². The first-order chi connectivity index (χ1) is 10.2. The van der Waals surface area contributed by atoms with Gasteiger partial charge in [0.05, 0.1) is 12.1 Å². The molecule has 1 aromatic carbocycles. The summed E-state index contributed by atoms with van der Waals surface area (Å²) in [5.41, 5.74) is 0.931. The summed E-state index contributed by atoms with van der Waals surface area (Å²) in [6.07, 6.45) is 4.29. The summed E-state index contributed by atoms with van der Waals surface area (Å²) in [4.78, 5) is 8.88. The fourth-order valence-corrected chi connectivity index (χ4v) is 3.23. The summed E-state index contributed by atoms with van der Waals surface area (Å²) < 4.78 is 0. The van der Waals surface area contributed by atoms with Gasteiger partial charge < -0.3 is 10.0 Å². The maximum atomic E-state index is 10.9. The van der Waals surface area contributed by atoms with E-state index in [2.05, 4.69) is 34.9 Å². The van der Waals surface area contributed by atoms with Crippen LogP contribution >= 0.6 is 0 Å². The molecule has 2 atom stereocenters. The highest BCUT2D eigenvalue weighted by Crippen LogP contribution is 2.28. The number of hydrogen-bond acceptors (Lipinski definition) is 4. The molecule has 1 fully saturated rings. The number of aliphatic hydroxyl groups is 1. The van der Waals surface area contributed by atoms with E-state index in [1.54, 1.807) is 0 Å². The molecule has 0 radical (unpaired) electrons. The van der Waals surface area contributed by atoms with Crippen molar-refractivity contribution in [1.82, 2.24) is 14.8 Å². The van der Waals surface area contributed by atoms with Crippen LogP contribution in [0.5, 0.6) is 0 Å². The smallest absolute Gasteiger partial charge is 0.0978 e. The topological polar surface area (TPSA) is 39.6 Å². The molecule has 2 unspecified atom stereocenters. The number of benzene rings is 1. The molecular weight excluding hydrogens is 262 g/mol. The van der Waals surface area contributed by atoms with Gasteiger partial charge in [0.15, 0.2) is 0 Å². The van der Waals surface area contributed by atoms with E-state index in [0.29, 0.717) is 0 Å². The highest BCUT2D eigenvalue weighted by molar-refractivity contribution is 5.85. The average molecular weight is 285 g/mol. The van der Waals surface area contributed by atoms with Gasteiger partial charge in [-0.1, -0.05) is 24.3 Å². The van der Waals surface area contributed by atoms with Crippen LogP contribution in [0.1, 0.15) is 18.1 Å². The van der Waals surface area contributed by atoms with Crippen LogP contribution in [-0.4, -0.2) is 59.7 Å². The van der Waals surface area contributed by atoms with E-state index in [9.17, 15) is 5.11 Å². The van der Waals surface area contributed by atoms with Gasteiger partial charge in [-0.05, 0) is 39.0 Å². The molecule has 112 valence electrons. The molecule has 0 amide bonds. The van der Waals surface area contributed by atoms with Crippen LogP contribution in [0.25, 0.3) is 10.8 Å². The normalized spacial score (nSPS) is 23.1. The van der Waals surface area contributed by atoms with Gasteiger partial charge >= 0.3 is 0 Å². The lowest BCUT2D eigenvalue weighted by Crippen LogP contribution is -2.42. The number of aliphatic hydroxyl groups excluding tert-OH is 1. The van der Waals surface area contributed by atoms with Crippen LogP contribution in [-0.2, 0) is 0 Å². The van der Waals surface area contributed by atoms with Crippen molar-refractivity contribution in [1.29, 1.82) is 0 Å². The second-order valence-corrected chi connectivity index (χ2v) is 6.06. The predicted molar refractivity (Wildman–Crippen MR) is 85.2 cm³/mol. The Morgan fingerprint density at radius 1 is 1.19 bits per heavy atom. The summed E-state index contributed by atoms with van der Waals surface area (Å²) in [5.74, 6) is 0. The fraction of sp³-hybridized carbons (Fsp3) is 0.471. The number of likely N-dealkylation sites (N-methyl/N-ethyl adjacent to an activating group) is 2. The highest BCUT2D eigenvalue weighted by Gasteiger charge is 2.29. The molecule has 2 aromatic rings.